The van der Waals surface area contributed by atoms with Crippen molar-refractivity contribution in [2.24, 2.45) is 0 Å². The number of imidazole rings is 1. The zero-order valence-electron chi connectivity index (χ0n) is 11.5. The Kier molecular flexibility index (Phi) is 3.73. The Bertz CT molecular complexity index is 570. The van der Waals surface area contributed by atoms with E-state index in [1.807, 2.05) is 34.8 Å². The molecule has 0 aromatic carbocycles. The zero-order valence-corrected chi connectivity index (χ0v) is 12.3. The topological polar surface area (TPSA) is 41.4 Å². The number of hydrogen-bond acceptors (Lipinski definition) is 4. The molecule has 0 saturated carbocycles. The molecule has 1 amide bonds. The molecule has 0 unspecified atom stereocenters. The smallest absolute Gasteiger partial charge is 0.264 e. The third kappa shape index (κ3) is 2.43. The van der Waals surface area contributed by atoms with E-state index in [9.17, 15) is 4.79 Å². The maximum atomic E-state index is 12.3. The van der Waals surface area contributed by atoms with E-state index < -0.39 is 0 Å². The molecular formula is C14H18N4OS. The maximum absolute atomic E-state index is 12.3. The second-order valence-corrected chi connectivity index (χ2v) is 5.72. The summed E-state index contributed by atoms with van der Waals surface area (Å²) in [5.74, 6) is 1.16. The summed E-state index contributed by atoms with van der Waals surface area (Å²) in [7, 11) is 0. The van der Waals surface area contributed by atoms with E-state index in [0.717, 1.165) is 43.5 Å². The van der Waals surface area contributed by atoms with Crippen molar-refractivity contribution in [1.82, 2.24) is 14.5 Å². The quantitative estimate of drug-likeness (QED) is 0.867. The van der Waals surface area contributed by atoms with Crippen molar-refractivity contribution in [2.75, 3.05) is 31.1 Å². The van der Waals surface area contributed by atoms with Crippen LogP contribution in [-0.2, 0) is 6.54 Å². The van der Waals surface area contributed by atoms with Gasteiger partial charge in [0.15, 0.2) is 0 Å². The van der Waals surface area contributed by atoms with Crippen LogP contribution in [0.5, 0.6) is 0 Å². The van der Waals surface area contributed by atoms with Gasteiger partial charge in [0, 0.05) is 45.1 Å². The van der Waals surface area contributed by atoms with Gasteiger partial charge in [-0.1, -0.05) is 6.07 Å². The van der Waals surface area contributed by atoms with Gasteiger partial charge in [-0.2, -0.15) is 0 Å². The number of amides is 1. The van der Waals surface area contributed by atoms with Crippen LogP contribution in [0, 0.1) is 0 Å². The molecule has 0 spiro atoms. The summed E-state index contributed by atoms with van der Waals surface area (Å²) in [4.78, 5) is 21.7. The van der Waals surface area contributed by atoms with Crippen molar-refractivity contribution >= 4 is 23.2 Å². The molecule has 0 bridgehead atoms. The first kappa shape index (κ1) is 13.2. The van der Waals surface area contributed by atoms with Crippen molar-refractivity contribution in [3.8, 4) is 0 Å². The summed E-state index contributed by atoms with van der Waals surface area (Å²) in [6, 6.07) is 3.81. The fourth-order valence-electron chi connectivity index (χ4n) is 2.50. The van der Waals surface area contributed by atoms with Crippen LogP contribution in [0.25, 0.3) is 0 Å². The average molecular weight is 290 g/mol. The molecular weight excluding hydrogens is 272 g/mol. The van der Waals surface area contributed by atoms with Crippen molar-refractivity contribution < 1.29 is 4.79 Å². The van der Waals surface area contributed by atoms with E-state index >= 15 is 0 Å². The Morgan fingerprint density at radius 2 is 2.15 bits per heavy atom. The van der Waals surface area contributed by atoms with Gasteiger partial charge >= 0.3 is 0 Å². The molecule has 3 rings (SSSR count). The fourth-order valence-corrected chi connectivity index (χ4v) is 3.19. The molecule has 1 aliphatic rings. The summed E-state index contributed by atoms with van der Waals surface area (Å²) in [5.41, 5.74) is 0. The summed E-state index contributed by atoms with van der Waals surface area (Å²) in [6.07, 6.45) is 3.83. The minimum absolute atomic E-state index is 0.151. The average Bonchev–Trinajstić information content (AvgIpc) is 3.17. The minimum Gasteiger partial charge on any atom is -0.339 e. The van der Waals surface area contributed by atoms with E-state index in [1.165, 1.54) is 11.3 Å². The Morgan fingerprint density at radius 3 is 2.80 bits per heavy atom. The van der Waals surface area contributed by atoms with Gasteiger partial charge in [0.1, 0.15) is 0 Å². The van der Waals surface area contributed by atoms with Gasteiger partial charge in [-0.05, 0) is 18.4 Å². The lowest BCUT2D eigenvalue weighted by molar-refractivity contribution is 0.0751. The van der Waals surface area contributed by atoms with Gasteiger partial charge in [-0.25, -0.2) is 4.98 Å². The van der Waals surface area contributed by atoms with Crippen LogP contribution >= 0.6 is 11.3 Å². The largest absolute Gasteiger partial charge is 0.339 e. The first-order valence-electron chi connectivity index (χ1n) is 6.88. The van der Waals surface area contributed by atoms with Crippen molar-refractivity contribution in [3.63, 3.8) is 0 Å². The molecule has 0 atom stereocenters. The molecule has 3 heterocycles. The molecule has 2 aromatic heterocycles. The normalized spacial score (nSPS) is 15.7. The fraction of sp³-hybridized carbons (Fsp3) is 0.429. The van der Waals surface area contributed by atoms with Crippen molar-refractivity contribution in [3.05, 3.63) is 34.8 Å². The lowest BCUT2D eigenvalue weighted by Crippen LogP contribution is -2.49. The summed E-state index contributed by atoms with van der Waals surface area (Å²) < 4.78 is 2.14. The van der Waals surface area contributed by atoms with Crippen LogP contribution in [0.15, 0.2) is 29.9 Å². The van der Waals surface area contributed by atoms with Gasteiger partial charge in [-0.3, -0.25) is 4.79 Å². The maximum Gasteiger partial charge on any atom is 0.264 e. The highest BCUT2D eigenvalue weighted by atomic mass is 32.1. The van der Waals surface area contributed by atoms with E-state index in [-0.39, 0.29) is 5.91 Å². The summed E-state index contributed by atoms with van der Waals surface area (Å²) in [5, 5.41) is 1.95. The molecule has 5 nitrogen and oxygen atoms in total. The molecule has 0 N–H and O–H groups in total. The summed E-state index contributed by atoms with van der Waals surface area (Å²) in [6.45, 7) is 6.23. The third-order valence-electron chi connectivity index (χ3n) is 3.62. The van der Waals surface area contributed by atoms with Gasteiger partial charge < -0.3 is 14.4 Å². The van der Waals surface area contributed by atoms with Gasteiger partial charge in [0.25, 0.3) is 5.91 Å². The number of piperazine rings is 1. The standard InChI is InChI=1S/C14H18N4OS/c1-2-16-6-5-15-14(16)18-9-7-17(8-10-18)13(19)12-4-3-11-20-12/h3-6,11H,2,7-10H2,1H3. The Labute approximate surface area is 122 Å². The lowest BCUT2D eigenvalue weighted by Gasteiger charge is -2.35. The monoisotopic (exact) mass is 290 g/mol. The first-order valence-corrected chi connectivity index (χ1v) is 7.76. The molecule has 1 saturated heterocycles. The highest BCUT2D eigenvalue weighted by molar-refractivity contribution is 7.12. The zero-order chi connectivity index (χ0) is 13.9. The Morgan fingerprint density at radius 1 is 1.35 bits per heavy atom. The van der Waals surface area contributed by atoms with Gasteiger partial charge in [-0.15, -0.1) is 11.3 Å². The van der Waals surface area contributed by atoms with Crippen LogP contribution in [0.4, 0.5) is 5.95 Å². The molecule has 1 aliphatic heterocycles. The summed E-state index contributed by atoms with van der Waals surface area (Å²) >= 11 is 1.51. The number of rotatable bonds is 3. The number of carbonyl (C=O) groups excluding carboxylic acids is 1. The van der Waals surface area contributed by atoms with Crippen molar-refractivity contribution in [1.29, 1.82) is 0 Å². The van der Waals surface area contributed by atoms with Gasteiger partial charge in [0.05, 0.1) is 4.88 Å². The van der Waals surface area contributed by atoms with E-state index in [2.05, 4.69) is 21.4 Å². The second kappa shape index (κ2) is 5.66. The number of nitrogens with zero attached hydrogens (tertiary/aromatic N) is 4. The molecule has 106 valence electrons. The highest BCUT2D eigenvalue weighted by Crippen LogP contribution is 2.17. The molecule has 1 fully saturated rings. The predicted molar refractivity (Wildman–Crippen MR) is 80.3 cm³/mol. The molecule has 0 aliphatic carbocycles. The third-order valence-corrected chi connectivity index (χ3v) is 4.47. The van der Waals surface area contributed by atoms with Crippen LogP contribution in [0.3, 0.4) is 0 Å². The Balaban J connectivity index is 1.64. The van der Waals surface area contributed by atoms with Crippen LogP contribution < -0.4 is 4.90 Å². The number of thiophene rings is 1. The van der Waals surface area contributed by atoms with E-state index in [0.29, 0.717) is 0 Å². The van der Waals surface area contributed by atoms with E-state index in [4.69, 9.17) is 0 Å². The number of carbonyl (C=O) groups is 1. The number of aromatic nitrogens is 2. The van der Waals surface area contributed by atoms with Crippen LogP contribution in [0.2, 0.25) is 0 Å². The molecule has 6 heteroatoms. The van der Waals surface area contributed by atoms with Gasteiger partial charge in [0.2, 0.25) is 5.95 Å². The number of aryl methyl sites for hydroxylation is 1. The molecule has 2 aromatic rings. The molecule has 20 heavy (non-hydrogen) atoms. The molecule has 0 radical (unpaired) electrons. The minimum atomic E-state index is 0.151. The van der Waals surface area contributed by atoms with Crippen LogP contribution in [-0.4, -0.2) is 46.5 Å². The number of hydrogen-bond donors (Lipinski definition) is 0. The first-order chi connectivity index (χ1) is 9.79. The second-order valence-electron chi connectivity index (χ2n) is 4.77. The highest BCUT2D eigenvalue weighted by Gasteiger charge is 2.24. The van der Waals surface area contributed by atoms with Crippen LogP contribution in [0.1, 0.15) is 16.6 Å². The predicted octanol–water partition coefficient (Wildman–Crippen LogP) is 1.93. The van der Waals surface area contributed by atoms with Crippen molar-refractivity contribution in [2.45, 2.75) is 13.5 Å². The van der Waals surface area contributed by atoms with E-state index in [1.54, 1.807) is 0 Å². The lowest BCUT2D eigenvalue weighted by atomic mass is 10.3. The number of anilines is 1. The Hall–Kier alpha value is -1.82. The SMILES string of the molecule is CCn1ccnc1N1CCN(C(=O)c2cccs2)CC1.